The molecule has 3 N–H and O–H groups in total. The van der Waals surface area contributed by atoms with E-state index in [4.69, 9.17) is 4.52 Å². The average molecular weight is 359 g/mol. The second-order valence-electron chi connectivity index (χ2n) is 6.08. The van der Waals surface area contributed by atoms with Crippen LogP contribution in [0.15, 0.2) is 35.1 Å². The highest BCUT2D eigenvalue weighted by atomic mass is 19.1. The minimum absolute atomic E-state index is 0.256. The number of hydrogen-bond donors (Lipinski definition) is 3. The van der Waals surface area contributed by atoms with Crippen LogP contribution >= 0.6 is 0 Å². The van der Waals surface area contributed by atoms with Gasteiger partial charge in [0.25, 0.3) is 0 Å². The van der Waals surface area contributed by atoms with E-state index >= 15 is 0 Å². The summed E-state index contributed by atoms with van der Waals surface area (Å²) in [5.41, 5.74) is 0.472. The van der Waals surface area contributed by atoms with Gasteiger partial charge in [0.15, 0.2) is 5.82 Å². The third-order valence-corrected chi connectivity index (χ3v) is 3.48. The fourth-order valence-electron chi connectivity index (χ4n) is 2.34. The van der Waals surface area contributed by atoms with E-state index < -0.39 is 12.1 Å². The van der Waals surface area contributed by atoms with Crippen LogP contribution in [0.25, 0.3) is 11.6 Å². The van der Waals surface area contributed by atoms with E-state index in [-0.39, 0.29) is 23.5 Å². The molecule has 136 valence electrons. The maximum absolute atomic E-state index is 12.9. The average Bonchev–Trinajstić information content (AvgIpc) is 3.27. The van der Waals surface area contributed by atoms with Crippen molar-refractivity contribution in [3.05, 3.63) is 42.3 Å². The number of carbonyl (C=O) groups is 1. The first-order valence-electron chi connectivity index (χ1n) is 8.03. The first kappa shape index (κ1) is 17.5. The number of amides is 2. The number of rotatable bonds is 6. The highest BCUT2D eigenvalue weighted by Crippen LogP contribution is 2.22. The lowest BCUT2D eigenvalue weighted by Crippen LogP contribution is -2.33. The number of hydrogen-bond acceptors (Lipinski definition) is 6. The Hall–Kier alpha value is -3.30. The SMILES string of the molecule is CC(C)C[C@H](NC(=O)Nc1ccc(F)cc1)c1nc(-c2ncn[nH]2)no1. The second-order valence-corrected chi connectivity index (χ2v) is 6.08. The number of aromatic nitrogens is 5. The number of H-pyrrole nitrogens is 1. The minimum atomic E-state index is -0.486. The van der Waals surface area contributed by atoms with Crippen molar-refractivity contribution in [2.45, 2.75) is 26.3 Å². The number of nitrogens with zero attached hydrogens (tertiary/aromatic N) is 4. The van der Waals surface area contributed by atoms with Crippen molar-refractivity contribution in [1.82, 2.24) is 30.6 Å². The van der Waals surface area contributed by atoms with Gasteiger partial charge in [-0.3, -0.25) is 5.10 Å². The first-order valence-corrected chi connectivity index (χ1v) is 8.03. The van der Waals surface area contributed by atoms with Gasteiger partial charge in [-0.05, 0) is 36.6 Å². The fraction of sp³-hybridized carbons (Fsp3) is 0.312. The number of carbonyl (C=O) groups excluding carboxylic acids is 1. The standard InChI is InChI=1S/C16H18FN7O2/c1-9(2)7-12(15-22-14(24-26-15)13-18-8-19-23-13)21-16(25)20-11-5-3-10(17)4-6-11/h3-6,8-9,12H,7H2,1-2H3,(H,18,19,23)(H2,20,21,25)/t12-/m0/s1. The Morgan fingerprint density at radius 1 is 1.31 bits per heavy atom. The third-order valence-electron chi connectivity index (χ3n) is 3.48. The molecule has 9 nitrogen and oxygen atoms in total. The quantitative estimate of drug-likeness (QED) is 0.622. The summed E-state index contributed by atoms with van der Waals surface area (Å²) in [5.74, 6) is 0.789. The normalized spacial score (nSPS) is 12.2. The van der Waals surface area contributed by atoms with Gasteiger partial charge in [0.2, 0.25) is 11.7 Å². The van der Waals surface area contributed by atoms with Gasteiger partial charge < -0.3 is 15.2 Å². The lowest BCUT2D eigenvalue weighted by Gasteiger charge is -2.17. The Labute approximate surface area is 148 Å². The highest BCUT2D eigenvalue weighted by Gasteiger charge is 2.23. The van der Waals surface area contributed by atoms with Crippen LogP contribution in [0.4, 0.5) is 14.9 Å². The molecule has 0 saturated heterocycles. The molecule has 2 heterocycles. The molecule has 0 saturated carbocycles. The van der Waals surface area contributed by atoms with Crippen molar-refractivity contribution in [1.29, 1.82) is 0 Å². The summed E-state index contributed by atoms with van der Waals surface area (Å²) in [7, 11) is 0. The van der Waals surface area contributed by atoms with Crippen molar-refractivity contribution in [2.24, 2.45) is 5.92 Å². The second kappa shape index (κ2) is 7.72. The van der Waals surface area contributed by atoms with E-state index in [1.807, 2.05) is 13.8 Å². The fourth-order valence-corrected chi connectivity index (χ4v) is 2.34. The molecule has 0 bridgehead atoms. The summed E-state index contributed by atoms with van der Waals surface area (Å²) in [4.78, 5) is 20.5. The predicted molar refractivity (Wildman–Crippen MR) is 90.4 cm³/mol. The molecule has 1 aromatic carbocycles. The highest BCUT2D eigenvalue weighted by molar-refractivity contribution is 5.89. The van der Waals surface area contributed by atoms with Gasteiger partial charge in [0.1, 0.15) is 18.2 Å². The molecule has 0 aliphatic rings. The molecule has 0 fully saturated rings. The van der Waals surface area contributed by atoms with Crippen LogP contribution in [0.5, 0.6) is 0 Å². The summed E-state index contributed by atoms with van der Waals surface area (Å²) < 4.78 is 18.2. The number of halogens is 1. The topological polar surface area (TPSA) is 122 Å². The van der Waals surface area contributed by atoms with E-state index in [9.17, 15) is 9.18 Å². The molecular formula is C16H18FN7O2. The summed E-state index contributed by atoms with van der Waals surface area (Å²) in [6.45, 7) is 4.03. The molecule has 0 spiro atoms. The molecule has 2 amide bonds. The first-order chi connectivity index (χ1) is 12.5. The van der Waals surface area contributed by atoms with Gasteiger partial charge in [-0.25, -0.2) is 14.2 Å². The minimum Gasteiger partial charge on any atom is -0.337 e. The lowest BCUT2D eigenvalue weighted by molar-refractivity contribution is 0.240. The molecule has 0 radical (unpaired) electrons. The summed E-state index contributed by atoms with van der Waals surface area (Å²) in [6, 6.07) is 4.54. The molecule has 3 rings (SSSR count). The van der Waals surface area contributed by atoms with E-state index in [1.54, 1.807) is 0 Å². The zero-order valence-electron chi connectivity index (χ0n) is 14.2. The van der Waals surface area contributed by atoms with E-state index in [0.29, 0.717) is 17.9 Å². The summed E-state index contributed by atoms with van der Waals surface area (Å²) in [6.07, 6.45) is 1.93. The van der Waals surface area contributed by atoms with Crippen LogP contribution in [0, 0.1) is 11.7 Å². The molecule has 1 atom stereocenters. The smallest absolute Gasteiger partial charge is 0.319 e. The molecular weight excluding hydrogens is 341 g/mol. The Morgan fingerprint density at radius 2 is 2.08 bits per heavy atom. The van der Waals surface area contributed by atoms with Crippen LogP contribution in [-0.4, -0.2) is 31.4 Å². The molecule has 2 aromatic heterocycles. The van der Waals surface area contributed by atoms with Crippen molar-refractivity contribution >= 4 is 11.7 Å². The van der Waals surface area contributed by atoms with E-state index in [2.05, 4.69) is 36.0 Å². The van der Waals surface area contributed by atoms with Crippen LogP contribution < -0.4 is 10.6 Å². The van der Waals surface area contributed by atoms with Crippen LogP contribution in [0.2, 0.25) is 0 Å². The van der Waals surface area contributed by atoms with Gasteiger partial charge in [0, 0.05) is 5.69 Å². The Balaban J connectivity index is 1.71. The largest absolute Gasteiger partial charge is 0.337 e. The third kappa shape index (κ3) is 4.41. The Bertz CT molecular complexity index is 846. The number of nitrogens with one attached hydrogen (secondary N) is 3. The Kier molecular flexibility index (Phi) is 5.20. The number of anilines is 1. The Morgan fingerprint density at radius 3 is 2.73 bits per heavy atom. The summed E-state index contributed by atoms with van der Waals surface area (Å²) >= 11 is 0. The molecule has 0 aliphatic heterocycles. The maximum atomic E-state index is 12.9. The van der Waals surface area contributed by atoms with Gasteiger partial charge in [0.05, 0.1) is 0 Å². The van der Waals surface area contributed by atoms with Crippen molar-refractivity contribution < 1.29 is 13.7 Å². The molecule has 0 unspecified atom stereocenters. The van der Waals surface area contributed by atoms with Gasteiger partial charge in [-0.2, -0.15) is 10.1 Å². The van der Waals surface area contributed by atoms with E-state index in [0.717, 1.165) is 0 Å². The zero-order valence-corrected chi connectivity index (χ0v) is 14.2. The molecule has 10 heteroatoms. The number of benzene rings is 1. The van der Waals surface area contributed by atoms with Crippen molar-refractivity contribution in [3.63, 3.8) is 0 Å². The van der Waals surface area contributed by atoms with Crippen LogP contribution in [0.3, 0.4) is 0 Å². The van der Waals surface area contributed by atoms with Crippen molar-refractivity contribution in [3.8, 4) is 11.6 Å². The predicted octanol–water partition coefficient (Wildman–Crippen LogP) is 2.90. The van der Waals surface area contributed by atoms with Gasteiger partial charge in [-0.1, -0.05) is 19.0 Å². The van der Waals surface area contributed by atoms with Crippen LogP contribution in [-0.2, 0) is 0 Å². The maximum Gasteiger partial charge on any atom is 0.319 e. The van der Waals surface area contributed by atoms with E-state index in [1.165, 1.54) is 30.6 Å². The molecule has 0 aliphatic carbocycles. The monoisotopic (exact) mass is 359 g/mol. The van der Waals surface area contributed by atoms with Gasteiger partial charge >= 0.3 is 6.03 Å². The van der Waals surface area contributed by atoms with Gasteiger partial charge in [-0.15, -0.1) is 0 Å². The summed E-state index contributed by atoms with van der Waals surface area (Å²) in [5, 5.41) is 15.7. The van der Waals surface area contributed by atoms with Crippen molar-refractivity contribution in [2.75, 3.05) is 5.32 Å². The molecule has 3 aromatic rings. The zero-order chi connectivity index (χ0) is 18.5. The lowest BCUT2D eigenvalue weighted by atomic mass is 10.0. The number of aromatic amines is 1. The number of urea groups is 1. The molecule has 26 heavy (non-hydrogen) atoms. The van der Waals surface area contributed by atoms with Crippen LogP contribution in [0.1, 0.15) is 32.2 Å².